The third kappa shape index (κ3) is 5.13. The lowest BCUT2D eigenvalue weighted by molar-refractivity contribution is -0.163. The largest absolute Gasteiger partial charge is 0.459 e. The Hall–Kier alpha value is -2.24. The summed E-state index contributed by atoms with van der Waals surface area (Å²) in [6.07, 6.45) is 0.846. The van der Waals surface area contributed by atoms with Gasteiger partial charge in [-0.25, -0.2) is 0 Å². The molecule has 1 heterocycles. The highest BCUT2D eigenvalue weighted by Gasteiger charge is 2.30. The average molecular weight is 363 g/mol. The molecule has 0 bridgehead atoms. The molecule has 1 aromatic carbocycles. The van der Waals surface area contributed by atoms with E-state index >= 15 is 0 Å². The molecule has 0 N–H and O–H groups in total. The Morgan fingerprint density at radius 3 is 2.50 bits per heavy atom. The Kier molecular flexibility index (Phi) is 6.16. The first-order valence-corrected chi connectivity index (χ1v) is 8.96. The monoisotopic (exact) mass is 363 g/mol. The fraction of sp³-hybridized carbons (Fsp3) is 0.600. The van der Waals surface area contributed by atoms with E-state index in [1.165, 1.54) is 0 Å². The number of hydrogen-bond acceptors (Lipinski definition) is 5. The molecule has 1 amide bonds. The Bertz CT molecular complexity index is 668. The number of nitrogens with zero attached hydrogens (tertiary/aromatic N) is 1. The van der Waals surface area contributed by atoms with Crippen LogP contribution in [0, 0.1) is 5.92 Å². The molecule has 26 heavy (non-hydrogen) atoms. The van der Waals surface area contributed by atoms with E-state index in [9.17, 15) is 9.59 Å². The number of rotatable bonds is 7. The number of fused-ring (bicyclic) bond motifs is 1. The smallest absolute Gasteiger partial charge is 0.308 e. The van der Waals surface area contributed by atoms with E-state index in [0.29, 0.717) is 6.42 Å². The van der Waals surface area contributed by atoms with Gasteiger partial charge in [-0.2, -0.15) is 0 Å². The van der Waals surface area contributed by atoms with Crippen molar-refractivity contribution in [1.29, 1.82) is 0 Å². The highest BCUT2D eigenvalue weighted by molar-refractivity contribution is 5.78. The molecule has 1 atom stereocenters. The van der Waals surface area contributed by atoms with Crippen LogP contribution in [0.2, 0.25) is 0 Å². The van der Waals surface area contributed by atoms with Crippen molar-refractivity contribution in [3.05, 3.63) is 23.8 Å². The van der Waals surface area contributed by atoms with Crippen LogP contribution in [0.1, 0.15) is 46.6 Å². The predicted octanol–water partition coefficient (Wildman–Crippen LogP) is 3.17. The number of carbonyl (C=O) groups excluding carboxylic acids is 2. The van der Waals surface area contributed by atoms with Crippen molar-refractivity contribution >= 4 is 11.9 Å². The number of carbonyl (C=O) groups is 2. The normalized spacial score (nSPS) is 14.3. The third-order valence-corrected chi connectivity index (χ3v) is 4.45. The molecular formula is C20H29NO5. The summed E-state index contributed by atoms with van der Waals surface area (Å²) in [5, 5.41) is 0. The van der Waals surface area contributed by atoms with Crippen LogP contribution in [0.5, 0.6) is 11.5 Å². The van der Waals surface area contributed by atoms with E-state index < -0.39 is 5.60 Å². The zero-order valence-electron chi connectivity index (χ0n) is 16.5. The van der Waals surface area contributed by atoms with E-state index in [0.717, 1.165) is 17.1 Å². The molecule has 0 saturated carbocycles. The SMILES string of the molecule is CC(C)C(=O)OC(C)(C)CC(=O)N(C)C(C)Cc1ccc2c(c1)OCO2. The first kappa shape index (κ1) is 20.1. The molecule has 0 saturated heterocycles. The Morgan fingerprint density at radius 1 is 1.19 bits per heavy atom. The predicted molar refractivity (Wildman–Crippen MR) is 98.1 cm³/mol. The second-order valence-electron chi connectivity index (χ2n) is 7.76. The summed E-state index contributed by atoms with van der Waals surface area (Å²) in [7, 11) is 1.78. The van der Waals surface area contributed by atoms with Gasteiger partial charge in [0.05, 0.1) is 12.3 Å². The van der Waals surface area contributed by atoms with Gasteiger partial charge in [0, 0.05) is 13.1 Å². The minimum absolute atomic E-state index is 0.000489. The van der Waals surface area contributed by atoms with E-state index in [1.807, 2.05) is 25.1 Å². The van der Waals surface area contributed by atoms with Gasteiger partial charge in [-0.05, 0) is 44.9 Å². The lowest BCUT2D eigenvalue weighted by Gasteiger charge is -2.30. The summed E-state index contributed by atoms with van der Waals surface area (Å²) in [5.74, 6) is 0.927. The summed E-state index contributed by atoms with van der Waals surface area (Å²) in [4.78, 5) is 26.1. The molecule has 0 aliphatic carbocycles. The van der Waals surface area contributed by atoms with Crippen molar-refractivity contribution in [1.82, 2.24) is 4.90 Å². The van der Waals surface area contributed by atoms with E-state index in [-0.39, 0.29) is 37.0 Å². The number of ether oxygens (including phenoxy) is 3. The van der Waals surface area contributed by atoms with Crippen molar-refractivity contribution in [2.75, 3.05) is 13.8 Å². The Balaban J connectivity index is 1.93. The second kappa shape index (κ2) is 7.98. The summed E-state index contributed by atoms with van der Waals surface area (Å²) in [6, 6.07) is 5.82. The third-order valence-electron chi connectivity index (χ3n) is 4.45. The highest BCUT2D eigenvalue weighted by Crippen LogP contribution is 2.33. The zero-order valence-corrected chi connectivity index (χ0v) is 16.5. The molecule has 6 heteroatoms. The molecule has 6 nitrogen and oxygen atoms in total. The van der Waals surface area contributed by atoms with Crippen molar-refractivity contribution in [3.8, 4) is 11.5 Å². The van der Waals surface area contributed by atoms with Crippen molar-refractivity contribution in [3.63, 3.8) is 0 Å². The summed E-state index contributed by atoms with van der Waals surface area (Å²) < 4.78 is 16.2. The molecule has 1 aliphatic heterocycles. The second-order valence-corrected chi connectivity index (χ2v) is 7.76. The maximum Gasteiger partial charge on any atom is 0.308 e. The molecule has 0 radical (unpaired) electrons. The van der Waals surface area contributed by atoms with Gasteiger partial charge < -0.3 is 19.1 Å². The maximum atomic E-state index is 12.6. The van der Waals surface area contributed by atoms with Crippen molar-refractivity contribution < 1.29 is 23.8 Å². The number of likely N-dealkylation sites (N-methyl/N-ethyl adjacent to an activating group) is 1. The molecule has 1 aromatic rings. The Labute approximate surface area is 155 Å². The van der Waals surface area contributed by atoms with Gasteiger partial charge in [0.15, 0.2) is 11.5 Å². The zero-order chi connectivity index (χ0) is 19.5. The molecule has 144 valence electrons. The summed E-state index contributed by atoms with van der Waals surface area (Å²) >= 11 is 0. The lowest BCUT2D eigenvalue weighted by atomic mass is 10.0. The van der Waals surface area contributed by atoms with Gasteiger partial charge in [-0.1, -0.05) is 19.9 Å². The molecule has 1 aliphatic rings. The molecule has 0 spiro atoms. The average Bonchev–Trinajstić information content (AvgIpc) is 3.00. The van der Waals surface area contributed by atoms with Crippen LogP contribution in [-0.4, -0.2) is 42.3 Å². The van der Waals surface area contributed by atoms with E-state index in [1.54, 1.807) is 39.6 Å². The van der Waals surface area contributed by atoms with Crippen molar-refractivity contribution in [2.45, 2.75) is 59.1 Å². The first-order valence-electron chi connectivity index (χ1n) is 8.96. The molecule has 2 rings (SSSR count). The summed E-state index contributed by atoms with van der Waals surface area (Å²) in [5.41, 5.74) is 0.248. The number of hydrogen-bond donors (Lipinski definition) is 0. The van der Waals surface area contributed by atoms with Gasteiger partial charge in [0.2, 0.25) is 12.7 Å². The van der Waals surface area contributed by atoms with E-state index in [4.69, 9.17) is 14.2 Å². The molecule has 0 fully saturated rings. The molecular weight excluding hydrogens is 334 g/mol. The van der Waals surface area contributed by atoms with Crippen LogP contribution in [0.3, 0.4) is 0 Å². The van der Waals surface area contributed by atoms with Gasteiger partial charge in [-0.15, -0.1) is 0 Å². The van der Waals surface area contributed by atoms with Crippen LogP contribution in [0.4, 0.5) is 0 Å². The quantitative estimate of drug-likeness (QED) is 0.696. The molecule has 0 aromatic heterocycles. The fourth-order valence-electron chi connectivity index (χ4n) is 2.71. The van der Waals surface area contributed by atoms with Crippen LogP contribution in [0.15, 0.2) is 18.2 Å². The standard InChI is InChI=1S/C20H29NO5/c1-13(2)19(23)26-20(4,5)11-18(22)21(6)14(3)9-15-7-8-16-17(10-15)25-12-24-16/h7-8,10,13-14H,9,11-12H2,1-6H3. The van der Waals surface area contributed by atoms with Gasteiger partial charge in [-0.3, -0.25) is 9.59 Å². The first-order chi connectivity index (χ1) is 12.1. The Morgan fingerprint density at radius 2 is 1.85 bits per heavy atom. The van der Waals surface area contributed by atoms with Crippen LogP contribution >= 0.6 is 0 Å². The van der Waals surface area contributed by atoms with E-state index in [2.05, 4.69) is 0 Å². The summed E-state index contributed by atoms with van der Waals surface area (Å²) in [6.45, 7) is 9.33. The maximum absolute atomic E-state index is 12.6. The van der Waals surface area contributed by atoms with Crippen LogP contribution < -0.4 is 9.47 Å². The van der Waals surface area contributed by atoms with Gasteiger partial charge in [0.1, 0.15) is 5.60 Å². The molecule has 1 unspecified atom stereocenters. The van der Waals surface area contributed by atoms with Gasteiger partial charge >= 0.3 is 5.97 Å². The number of esters is 1. The topological polar surface area (TPSA) is 65.1 Å². The fourth-order valence-corrected chi connectivity index (χ4v) is 2.71. The van der Waals surface area contributed by atoms with Crippen LogP contribution in [0.25, 0.3) is 0 Å². The van der Waals surface area contributed by atoms with Gasteiger partial charge in [0.25, 0.3) is 0 Å². The van der Waals surface area contributed by atoms with Crippen LogP contribution in [-0.2, 0) is 20.7 Å². The number of amides is 1. The minimum atomic E-state index is -0.828. The highest BCUT2D eigenvalue weighted by atomic mass is 16.7. The van der Waals surface area contributed by atoms with Crippen molar-refractivity contribution in [2.24, 2.45) is 5.92 Å². The number of benzene rings is 1. The lowest BCUT2D eigenvalue weighted by Crippen LogP contribution is -2.42. The minimum Gasteiger partial charge on any atom is -0.459 e.